The van der Waals surface area contributed by atoms with Crippen molar-refractivity contribution in [2.24, 2.45) is 11.8 Å². The zero-order valence-electron chi connectivity index (χ0n) is 20.8. The van der Waals surface area contributed by atoms with E-state index in [9.17, 15) is 5.11 Å². The molecule has 3 atom stereocenters. The van der Waals surface area contributed by atoms with E-state index in [1.807, 2.05) is 12.1 Å². The lowest BCUT2D eigenvalue weighted by atomic mass is 9.96. The van der Waals surface area contributed by atoms with Crippen molar-refractivity contribution in [1.29, 1.82) is 0 Å². The van der Waals surface area contributed by atoms with Crippen molar-refractivity contribution < 1.29 is 5.11 Å². The third-order valence-corrected chi connectivity index (χ3v) is 6.26. The van der Waals surface area contributed by atoms with Crippen molar-refractivity contribution in [3.63, 3.8) is 0 Å². The second kappa shape index (κ2) is 15.1. The van der Waals surface area contributed by atoms with E-state index >= 15 is 0 Å². The maximum absolute atomic E-state index is 9.63. The van der Waals surface area contributed by atoms with Crippen LogP contribution in [0.25, 0.3) is 0 Å². The maximum atomic E-state index is 9.63. The van der Waals surface area contributed by atoms with Crippen molar-refractivity contribution >= 4 is 0 Å². The number of aromatic hydroxyl groups is 1. The Morgan fingerprint density at radius 1 is 0.781 bits per heavy atom. The minimum absolute atomic E-state index is 0.336. The molecular formula is C29H46N2O. The fraction of sp³-hybridized carbons (Fsp3) is 0.586. The van der Waals surface area contributed by atoms with Gasteiger partial charge in [-0.05, 0) is 73.7 Å². The summed E-state index contributed by atoms with van der Waals surface area (Å²) < 4.78 is 0. The average molecular weight is 439 g/mol. The average Bonchev–Trinajstić information content (AvgIpc) is 2.79. The van der Waals surface area contributed by atoms with Crippen molar-refractivity contribution in [3.05, 3.63) is 65.7 Å². The molecule has 178 valence electrons. The van der Waals surface area contributed by atoms with E-state index in [0.717, 1.165) is 25.9 Å². The first-order valence-electron chi connectivity index (χ1n) is 12.7. The fourth-order valence-corrected chi connectivity index (χ4v) is 4.32. The Morgan fingerprint density at radius 2 is 1.47 bits per heavy atom. The van der Waals surface area contributed by atoms with Gasteiger partial charge in [-0.25, -0.2) is 0 Å². The molecule has 0 saturated carbocycles. The van der Waals surface area contributed by atoms with Crippen LogP contribution in [0.4, 0.5) is 0 Å². The molecule has 0 radical (unpaired) electrons. The van der Waals surface area contributed by atoms with E-state index in [1.165, 1.54) is 43.2 Å². The molecule has 2 aromatic rings. The van der Waals surface area contributed by atoms with Gasteiger partial charge in [-0.3, -0.25) is 0 Å². The lowest BCUT2D eigenvalue weighted by Crippen LogP contribution is -2.45. The Labute approximate surface area is 197 Å². The van der Waals surface area contributed by atoms with Gasteiger partial charge in [0.1, 0.15) is 5.75 Å². The Balaban J connectivity index is 1.95. The third kappa shape index (κ3) is 11.2. The van der Waals surface area contributed by atoms with Crippen LogP contribution in [-0.4, -0.2) is 30.3 Å². The minimum atomic E-state index is 0.336. The van der Waals surface area contributed by atoms with E-state index < -0.39 is 0 Å². The summed E-state index contributed by atoms with van der Waals surface area (Å²) in [5.74, 6) is 1.71. The molecule has 32 heavy (non-hydrogen) atoms. The first-order valence-corrected chi connectivity index (χ1v) is 12.7. The number of nitrogens with one attached hydrogen (secondary N) is 2. The van der Waals surface area contributed by atoms with Crippen molar-refractivity contribution in [2.75, 3.05) is 13.1 Å². The molecule has 0 saturated heterocycles. The van der Waals surface area contributed by atoms with Gasteiger partial charge in [0.25, 0.3) is 0 Å². The van der Waals surface area contributed by atoms with Crippen LogP contribution in [0.3, 0.4) is 0 Å². The minimum Gasteiger partial charge on any atom is -0.508 e. The highest BCUT2D eigenvalue weighted by Gasteiger charge is 2.16. The van der Waals surface area contributed by atoms with E-state index in [2.05, 4.69) is 68.7 Å². The zero-order chi connectivity index (χ0) is 23.2. The second-order valence-corrected chi connectivity index (χ2v) is 9.98. The van der Waals surface area contributed by atoms with Crippen LogP contribution in [0.2, 0.25) is 0 Å². The predicted molar refractivity (Wildman–Crippen MR) is 138 cm³/mol. The number of benzene rings is 2. The topological polar surface area (TPSA) is 44.3 Å². The molecule has 3 heteroatoms. The molecule has 0 amide bonds. The summed E-state index contributed by atoms with van der Waals surface area (Å²) in [6, 6.07) is 19.4. The van der Waals surface area contributed by atoms with Gasteiger partial charge in [0, 0.05) is 18.6 Å². The molecule has 0 aromatic heterocycles. The van der Waals surface area contributed by atoms with Crippen molar-refractivity contribution in [2.45, 2.75) is 84.7 Å². The normalized spacial score (nSPS) is 14.4. The molecule has 0 aliphatic heterocycles. The monoisotopic (exact) mass is 438 g/mol. The molecule has 0 aliphatic rings. The van der Waals surface area contributed by atoms with Gasteiger partial charge >= 0.3 is 0 Å². The molecule has 0 heterocycles. The van der Waals surface area contributed by atoms with Gasteiger partial charge in [0.05, 0.1) is 0 Å². The highest BCUT2D eigenvalue weighted by Crippen LogP contribution is 2.15. The summed E-state index contributed by atoms with van der Waals surface area (Å²) in [7, 11) is 0. The lowest BCUT2D eigenvalue weighted by molar-refractivity contribution is 0.353. The number of unbranched alkanes of at least 4 members (excludes halogenated alkanes) is 1. The van der Waals surface area contributed by atoms with E-state index in [1.54, 1.807) is 12.1 Å². The molecular weight excluding hydrogens is 392 g/mol. The van der Waals surface area contributed by atoms with Crippen LogP contribution >= 0.6 is 0 Å². The standard InChI is InChI=1S/C29H46N2O/c1-5-6-10-24(4)21-30-28(20-26-14-17-29(32)18-15-26)22-31-27(19-23(2)3)16-13-25-11-8-7-9-12-25/h7-9,11-12,14-15,17-18,23-24,27-28,30-32H,5-6,10,13,16,19-22H2,1-4H3/t24-,27+,28-/m0/s1. The molecule has 0 aliphatic carbocycles. The Morgan fingerprint density at radius 3 is 2.12 bits per heavy atom. The molecule has 0 unspecified atom stereocenters. The number of phenolic OH excluding ortho intramolecular Hbond substituents is 1. The molecule has 2 aromatic carbocycles. The van der Waals surface area contributed by atoms with Gasteiger partial charge in [-0.15, -0.1) is 0 Å². The summed E-state index contributed by atoms with van der Waals surface area (Å²) in [6.07, 6.45) is 8.32. The molecule has 0 bridgehead atoms. The summed E-state index contributed by atoms with van der Waals surface area (Å²) in [5.41, 5.74) is 2.69. The van der Waals surface area contributed by atoms with Crippen LogP contribution in [0.5, 0.6) is 5.75 Å². The number of hydrogen-bond acceptors (Lipinski definition) is 3. The van der Waals surface area contributed by atoms with E-state index in [0.29, 0.717) is 29.7 Å². The van der Waals surface area contributed by atoms with Gasteiger partial charge in [0.2, 0.25) is 0 Å². The molecule has 2 rings (SSSR count). The number of hydrogen-bond donors (Lipinski definition) is 3. The quantitative estimate of drug-likeness (QED) is 0.286. The highest BCUT2D eigenvalue weighted by atomic mass is 16.3. The lowest BCUT2D eigenvalue weighted by Gasteiger charge is -2.26. The summed E-state index contributed by atoms with van der Waals surface area (Å²) in [5, 5.41) is 17.4. The van der Waals surface area contributed by atoms with Gasteiger partial charge < -0.3 is 15.7 Å². The fourth-order valence-electron chi connectivity index (χ4n) is 4.32. The zero-order valence-corrected chi connectivity index (χ0v) is 20.8. The summed E-state index contributed by atoms with van der Waals surface area (Å²) in [6.45, 7) is 11.3. The maximum Gasteiger partial charge on any atom is 0.115 e. The van der Waals surface area contributed by atoms with Gasteiger partial charge in [-0.1, -0.05) is 83.0 Å². The third-order valence-electron chi connectivity index (χ3n) is 6.26. The van der Waals surface area contributed by atoms with Crippen LogP contribution < -0.4 is 10.6 Å². The van der Waals surface area contributed by atoms with Crippen LogP contribution in [0, 0.1) is 11.8 Å². The van der Waals surface area contributed by atoms with Crippen LogP contribution in [0.15, 0.2) is 54.6 Å². The second-order valence-electron chi connectivity index (χ2n) is 9.98. The molecule has 3 nitrogen and oxygen atoms in total. The van der Waals surface area contributed by atoms with Gasteiger partial charge in [-0.2, -0.15) is 0 Å². The van der Waals surface area contributed by atoms with E-state index in [4.69, 9.17) is 0 Å². The summed E-state index contributed by atoms with van der Waals surface area (Å²) >= 11 is 0. The first kappa shape index (κ1) is 26.4. The van der Waals surface area contributed by atoms with E-state index in [-0.39, 0.29) is 0 Å². The number of aryl methyl sites for hydroxylation is 1. The summed E-state index contributed by atoms with van der Waals surface area (Å²) in [4.78, 5) is 0. The Hall–Kier alpha value is -1.84. The Bertz CT molecular complexity index is 714. The van der Waals surface area contributed by atoms with Crippen LogP contribution in [-0.2, 0) is 12.8 Å². The molecule has 0 spiro atoms. The predicted octanol–water partition coefficient (Wildman–Crippen LogP) is 6.36. The highest BCUT2D eigenvalue weighted by molar-refractivity contribution is 5.26. The van der Waals surface area contributed by atoms with Crippen molar-refractivity contribution in [1.82, 2.24) is 10.6 Å². The van der Waals surface area contributed by atoms with Crippen LogP contribution in [0.1, 0.15) is 70.9 Å². The number of rotatable bonds is 16. The molecule has 3 N–H and O–H groups in total. The molecule has 0 fully saturated rings. The number of phenols is 1. The first-order chi connectivity index (χ1) is 15.5. The SMILES string of the molecule is CCCC[C@H](C)CN[C@H](CN[C@H](CCc1ccccc1)CC(C)C)Cc1ccc(O)cc1. The van der Waals surface area contributed by atoms with Crippen molar-refractivity contribution in [3.8, 4) is 5.75 Å². The smallest absolute Gasteiger partial charge is 0.115 e. The largest absolute Gasteiger partial charge is 0.508 e. The Kier molecular flexibility index (Phi) is 12.4. The van der Waals surface area contributed by atoms with Gasteiger partial charge in [0.15, 0.2) is 0 Å².